The molecular formula is C17H15BrFNO. The number of halogens is 2. The molecule has 1 atom stereocenters. The van der Waals surface area contributed by atoms with Gasteiger partial charge in [0.25, 0.3) is 5.91 Å². The third-order valence-corrected chi connectivity index (χ3v) is 4.35. The molecule has 0 saturated carbocycles. The molecule has 2 aromatic carbocycles. The molecule has 0 aromatic heterocycles. The highest BCUT2D eigenvalue weighted by molar-refractivity contribution is 9.10. The molecule has 4 heteroatoms. The molecule has 0 radical (unpaired) electrons. The number of carbonyl (C=O) groups excluding carboxylic acids is 1. The zero-order chi connectivity index (χ0) is 14.8. The van der Waals surface area contributed by atoms with Crippen molar-refractivity contribution in [2.75, 3.05) is 6.54 Å². The smallest absolute Gasteiger partial charge is 0.257 e. The normalized spacial score (nSPS) is 18.0. The fraction of sp³-hybridized carbons (Fsp3) is 0.235. The van der Waals surface area contributed by atoms with Crippen LogP contribution in [-0.4, -0.2) is 17.4 Å². The predicted molar refractivity (Wildman–Crippen MR) is 83.6 cm³/mol. The van der Waals surface area contributed by atoms with E-state index in [0.29, 0.717) is 11.0 Å². The zero-order valence-electron chi connectivity index (χ0n) is 11.4. The van der Waals surface area contributed by atoms with Crippen LogP contribution in [0.4, 0.5) is 4.39 Å². The third-order valence-electron chi connectivity index (χ3n) is 3.86. The van der Waals surface area contributed by atoms with E-state index in [4.69, 9.17) is 0 Å². The lowest BCUT2D eigenvalue weighted by molar-refractivity contribution is 0.0731. The van der Waals surface area contributed by atoms with Crippen molar-refractivity contribution in [3.05, 3.63) is 69.9 Å². The van der Waals surface area contributed by atoms with E-state index in [1.165, 1.54) is 6.07 Å². The van der Waals surface area contributed by atoms with Crippen molar-refractivity contribution in [3.8, 4) is 0 Å². The molecule has 0 spiro atoms. The van der Waals surface area contributed by atoms with Gasteiger partial charge in [-0.15, -0.1) is 0 Å². The van der Waals surface area contributed by atoms with Gasteiger partial charge in [0.05, 0.1) is 11.6 Å². The topological polar surface area (TPSA) is 20.3 Å². The van der Waals surface area contributed by atoms with Crippen LogP contribution in [0.3, 0.4) is 0 Å². The molecule has 0 aliphatic carbocycles. The summed E-state index contributed by atoms with van der Waals surface area (Å²) < 4.78 is 14.6. The van der Waals surface area contributed by atoms with Crippen LogP contribution in [0.25, 0.3) is 0 Å². The molecule has 2 nitrogen and oxygen atoms in total. The lowest BCUT2D eigenvalue weighted by Crippen LogP contribution is -2.31. The number of amides is 1. The van der Waals surface area contributed by atoms with Gasteiger partial charge < -0.3 is 4.90 Å². The highest BCUT2D eigenvalue weighted by Crippen LogP contribution is 2.33. The largest absolute Gasteiger partial charge is 0.332 e. The van der Waals surface area contributed by atoms with E-state index in [0.717, 1.165) is 18.4 Å². The summed E-state index contributed by atoms with van der Waals surface area (Å²) in [7, 11) is 0. The Bertz CT molecular complexity index is 659. The van der Waals surface area contributed by atoms with E-state index in [1.54, 1.807) is 17.0 Å². The van der Waals surface area contributed by atoms with Gasteiger partial charge >= 0.3 is 0 Å². The molecule has 3 rings (SSSR count). The maximum Gasteiger partial charge on any atom is 0.257 e. The summed E-state index contributed by atoms with van der Waals surface area (Å²) in [4.78, 5) is 14.4. The molecule has 1 fully saturated rings. The first-order valence-corrected chi connectivity index (χ1v) is 7.77. The Balaban J connectivity index is 1.90. The van der Waals surface area contributed by atoms with Crippen molar-refractivity contribution in [2.45, 2.75) is 18.9 Å². The zero-order valence-corrected chi connectivity index (χ0v) is 13.0. The summed E-state index contributed by atoms with van der Waals surface area (Å²) in [5.41, 5.74) is 1.25. The van der Waals surface area contributed by atoms with Gasteiger partial charge in [-0.2, -0.15) is 0 Å². The molecule has 1 heterocycles. The average Bonchev–Trinajstić information content (AvgIpc) is 2.97. The summed E-state index contributed by atoms with van der Waals surface area (Å²) in [6, 6.07) is 14.6. The Morgan fingerprint density at radius 1 is 1.19 bits per heavy atom. The van der Waals surface area contributed by atoms with Crippen LogP contribution in [0.2, 0.25) is 0 Å². The Kier molecular flexibility index (Phi) is 4.06. The number of nitrogens with zero attached hydrogens (tertiary/aromatic N) is 1. The highest BCUT2D eigenvalue weighted by atomic mass is 79.9. The minimum absolute atomic E-state index is 0.0433. The van der Waals surface area contributed by atoms with Gasteiger partial charge in [0.2, 0.25) is 0 Å². The minimum atomic E-state index is -0.479. The molecule has 108 valence electrons. The summed E-state index contributed by atoms with van der Waals surface area (Å²) >= 11 is 3.21. The second-order valence-corrected chi connectivity index (χ2v) is 6.11. The van der Waals surface area contributed by atoms with Gasteiger partial charge in [0.15, 0.2) is 0 Å². The van der Waals surface area contributed by atoms with E-state index in [-0.39, 0.29) is 17.5 Å². The molecule has 1 amide bonds. The molecule has 0 unspecified atom stereocenters. The van der Waals surface area contributed by atoms with Crippen molar-refractivity contribution in [2.24, 2.45) is 0 Å². The van der Waals surface area contributed by atoms with Gasteiger partial charge in [-0.05, 0) is 36.6 Å². The summed E-state index contributed by atoms with van der Waals surface area (Å²) in [5.74, 6) is -0.709. The van der Waals surface area contributed by atoms with E-state index in [2.05, 4.69) is 15.9 Å². The molecule has 0 N–H and O–H groups in total. The molecule has 1 saturated heterocycles. The minimum Gasteiger partial charge on any atom is -0.332 e. The molecule has 1 aliphatic rings. The molecule has 0 bridgehead atoms. The van der Waals surface area contributed by atoms with E-state index >= 15 is 0 Å². The van der Waals surface area contributed by atoms with Crippen molar-refractivity contribution in [1.29, 1.82) is 0 Å². The first-order chi connectivity index (χ1) is 10.2. The van der Waals surface area contributed by atoms with E-state index in [1.807, 2.05) is 30.3 Å². The van der Waals surface area contributed by atoms with E-state index < -0.39 is 5.82 Å². The first-order valence-electron chi connectivity index (χ1n) is 6.98. The van der Waals surface area contributed by atoms with Crippen LogP contribution < -0.4 is 0 Å². The number of hydrogen-bond donors (Lipinski definition) is 0. The molecule has 1 aliphatic heterocycles. The fourth-order valence-corrected chi connectivity index (χ4v) is 3.18. The van der Waals surface area contributed by atoms with Crippen LogP contribution in [0.15, 0.2) is 53.0 Å². The maximum atomic E-state index is 14.0. The summed E-state index contributed by atoms with van der Waals surface area (Å²) in [6.45, 7) is 0.675. The lowest BCUT2D eigenvalue weighted by Gasteiger charge is -2.25. The van der Waals surface area contributed by atoms with Crippen molar-refractivity contribution < 1.29 is 9.18 Å². The van der Waals surface area contributed by atoms with Gasteiger partial charge in [0, 0.05) is 11.0 Å². The molecular weight excluding hydrogens is 333 g/mol. The summed E-state index contributed by atoms with van der Waals surface area (Å²) in [5, 5.41) is 0. The third kappa shape index (κ3) is 2.86. The first kappa shape index (κ1) is 14.3. The monoisotopic (exact) mass is 347 g/mol. The SMILES string of the molecule is O=C(c1ccc(Br)cc1F)N1CCC[C@H]1c1ccccc1. The fourth-order valence-electron chi connectivity index (χ4n) is 2.85. The quantitative estimate of drug-likeness (QED) is 0.779. The van der Waals surface area contributed by atoms with Crippen molar-refractivity contribution in [1.82, 2.24) is 4.90 Å². The van der Waals surface area contributed by atoms with Crippen LogP contribution in [0, 0.1) is 5.82 Å². The second-order valence-electron chi connectivity index (χ2n) is 5.19. The maximum absolute atomic E-state index is 14.0. The van der Waals surface area contributed by atoms with E-state index in [9.17, 15) is 9.18 Å². The van der Waals surface area contributed by atoms with Gasteiger partial charge in [0.1, 0.15) is 5.82 Å². The van der Waals surface area contributed by atoms with Crippen LogP contribution in [0.5, 0.6) is 0 Å². The van der Waals surface area contributed by atoms with Crippen LogP contribution >= 0.6 is 15.9 Å². The van der Waals surface area contributed by atoms with Gasteiger partial charge in [-0.1, -0.05) is 46.3 Å². The Morgan fingerprint density at radius 3 is 2.67 bits per heavy atom. The molecule has 21 heavy (non-hydrogen) atoms. The van der Waals surface area contributed by atoms with Crippen molar-refractivity contribution >= 4 is 21.8 Å². The number of benzene rings is 2. The summed E-state index contributed by atoms with van der Waals surface area (Å²) in [6.07, 6.45) is 1.87. The standard InChI is InChI=1S/C17H15BrFNO/c18-13-8-9-14(15(19)11-13)17(21)20-10-4-7-16(20)12-5-2-1-3-6-12/h1-3,5-6,8-9,11,16H,4,7,10H2/t16-/m0/s1. The van der Waals surface area contributed by atoms with Crippen LogP contribution in [0.1, 0.15) is 34.8 Å². The highest BCUT2D eigenvalue weighted by Gasteiger charge is 2.31. The average molecular weight is 348 g/mol. The van der Waals surface area contributed by atoms with Crippen LogP contribution in [-0.2, 0) is 0 Å². The Hall–Kier alpha value is -1.68. The van der Waals surface area contributed by atoms with Gasteiger partial charge in [-0.3, -0.25) is 4.79 Å². The number of hydrogen-bond acceptors (Lipinski definition) is 1. The lowest BCUT2D eigenvalue weighted by atomic mass is 10.0. The number of carbonyl (C=O) groups is 1. The van der Waals surface area contributed by atoms with Gasteiger partial charge in [-0.25, -0.2) is 4.39 Å². The second kappa shape index (κ2) is 5.98. The number of rotatable bonds is 2. The molecule has 2 aromatic rings. The van der Waals surface area contributed by atoms with Crippen molar-refractivity contribution in [3.63, 3.8) is 0 Å². The Labute approximate surface area is 131 Å². The predicted octanol–water partition coefficient (Wildman–Crippen LogP) is 4.57. The number of likely N-dealkylation sites (tertiary alicyclic amines) is 1. The Morgan fingerprint density at radius 2 is 1.95 bits per heavy atom.